The van der Waals surface area contributed by atoms with Gasteiger partial charge in [0, 0.05) is 6.61 Å². The molecule has 2 rings (SSSR count). The summed E-state index contributed by atoms with van der Waals surface area (Å²) in [7, 11) is 0. The van der Waals surface area contributed by atoms with Gasteiger partial charge in [0.15, 0.2) is 0 Å². The third-order valence-corrected chi connectivity index (χ3v) is 3.57. The minimum absolute atomic E-state index is 0.414. The van der Waals surface area contributed by atoms with E-state index in [1.165, 1.54) is 0 Å². The molecular formula is C14H15NO3. The topological polar surface area (TPSA) is 70.3 Å². The molecule has 18 heavy (non-hydrogen) atoms. The van der Waals surface area contributed by atoms with Gasteiger partial charge in [0.1, 0.15) is 5.41 Å². The SMILES string of the molecule is CC(C(=O)O)c1ccc(C2(C#N)CCOC2)cc1. The maximum atomic E-state index is 10.9. The fraction of sp³-hybridized carbons (Fsp3) is 0.429. The monoisotopic (exact) mass is 245 g/mol. The van der Waals surface area contributed by atoms with E-state index in [-0.39, 0.29) is 0 Å². The van der Waals surface area contributed by atoms with Crippen LogP contribution in [0.2, 0.25) is 0 Å². The Morgan fingerprint density at radius 2 is 2.17 bits per heavy atom. The number of carboxylic acid groups (broad SMARTS) is 1. The highest BCUT2D eigenvalue weighted by atomic mass is 16.5. The predicted molar refractivity (Wildman–Crippen MR) is 65.2 cm³/mol. The van der Waals surface area contributed by atoms with Gasteiger partial charge in [0.05, 0.1) is 18.6 Å². The molecule has 4 nitrogen and oxygen atoms in total. The molecule has 0 amide bonds. The fourth-order valence-electron chi connectivity index (χ4n) is 2.18. The summed E-state index contributed by atoms with van der Waals surface area (Å²) >= 11 is 0. The second-order valence-electron chi connectivity index (χ2n) is 4.68. The molecule has 1 heterocycles. The highest BCUT2D eigenvalue weighted by molar-refractivity contribution is 5.75. The van der Waals surface area contributed by atoms with Crippen LogP contribution in [0, 0.1) is 11.3 Å². The molecule has 0 aliphatic carbocycles. The summed E-state index contributed by atoms with van der Waals surface area (Å²) in [5.41, 5.74) is 1.09. The summed E-state index contributed by atoms with van der Waals surface area (Å²) in [5.74, 6) is -1.38. The van der Waals surface area contributed by atoms with Gasteiger partial charge in [0.25, 0.3) is 0 Å². The Balaban J connectivity index is 2.28. The number of carboxylic acids is 1. The highest BCUT2D eigenvalue weighted by Crippen LogP contribution is 2.33. The molecule has 0 radical (unpaired) electrons. The Kier molecular flexibility index (Phi) is 3.35. The maximum Gasteiger partial charge on any atom is 0.310 e. The summed E-state index contributed by atoms with van der Waals surface area (Å²) < 4.78 is 5.31. The first-order chi connectivity index (χ1) is 8.59. The first-order valence-corrected chi connectivity index (χ1v) is 5.91. The Morgan fingerprint density at radius 3 is 2.61 bits per heavy atom. The van der Waals surface area contributed by atoms with Gasteiger partial charge in [-0.05, 0) is 24.5 Å². The molecule has 1 aromatic carbocycles. The second kappa shape index (κ2) is 4.79. The van der Waals surface area contributed by atoms with Gasteiger partial charge in [0.2, 0.25) is 0 Å². The summed E-state index contributed by atoms with van der Waals surface area (Å²) in [5, 5.41) is 18.3. The predicted octanol–water partition coefficient (Wildman–Crippen LogP) is 2.06. The summed E-state index contributed by atoms with van der Waals surface area (Å²) in [6.07, 6.45) is 0.692. The Morgan fingerprint density at radius 1 is 1.50 bits per heavy atom. The average molecular weight is 245 g/mol. The first kappa shape index (κ1) is 12.6. The molecule has 94 valence electrons. The highest BCUT2D eigenvalue weighted by Gasteiger charge is 2.37. The van der Waals surface area contributed by atoms with Crippen molar-refractivity contribution in [2.75, 3.05) is 13.2 Å². The molecule has 2 unspecified atom stereocenters. The molecule has 4 heteroatoms. The molecule has 0 aromatic heterocycles. The van der Waals surface area contributed by atoms with Crippen LogP contribution in [0.3, 0.4) is 0 Å². The van der Waals surface area contributed by atoms with Crippen molar-refractivity contribution in [3.8, 4) is 6.07 Å². The number of hydrogen-bond acceptors (Lipinski definition) is 3. The molecule has 1 N–H and O–H groups in total. The number of hydrogen-bond donors (Lipinski definition) is 1. The van der Waals surface area contributed by atoms with Gasteiger partial charge in [-0.3, -0.25) is 4.79 Å². The zero-order chi connectivity index (χ0) is 13.2. The lowest BCUT2D eigenvalue weighted by molar-refractivity contribution is -0.138. The van der Waals surface area contributed by atoms with Crippen LogP contribution in [0.25, 0.3) is 0 Å². The average Bonchev–Trinajstić information content (AvgIpc) is 2.88. The molecule has 1 aromatic rings. The molecule has 1 aliphatic rings. The lowest BCUT2D eigenvalue weighted by atomic mass is 9.80. The van der Waals surface area contributed by atoms with Crippen molar-refractivity contribution >= 4 is 5.97 Å². The van der Waals surface area contributed by atoms with E-state index in [2.05, 4.69) is 6.07 Å². The summed E-state index contributed by atoms with van der Waals surface area (Å²) in [6.45, 7) is 2.66. The number of benzene rings is 1. The zero-order valence-corrected chi connectivity index (χ0v) is 10.2. The molecular weight excluding hydrogens is 230 g/mol. The van der Waals surface area contributed by atoms with Crippen LogP contribution in [0.1, 0.15) is 30.4 Å². The van der Waals surface area contributed by atoms with Gasteiger partial charge >= 0.3 is 5.97 Å². The lowest BCUT2D eigenvalue weighted by Gasteiger charge is -2.19. The van der Waals surface area contributed by atoms with Crippen LogP contribution in [-0.2, 0) is 14.9 Å². The van der Waals surface area contributed by atoms with Crippen LogP contribution in [0.5, 0.6) is 0 Å². The van der Waals surface area contributed by atoms with E-state index in [4.69, 9.17) is 9.84 Å². The smallest absolute Gasteiger partial charge is 0.310 e. The molecule has 2 atom stereocenters. The van der Waals surface area contributed by atoms with E-state index in [9.17, 15) is 10.1 Å². The molecule has 1 aliphatic heterocycles. The number of ether oxygens (including phenoxy) is 1. The minimum atomic E-state index is -0.845. The number of carbonyl (C=O) groups is 1. The quantitative estimate of drug-likeness (QED) is 0.884. The Bertz CT molecular complexity index is 481. The van der Waals surface area contributed by atoms with Gasteiger partial charge in [-0.25, -0.2) is 0 Å². The van der Waals surface area contributed by atoms with Crippen molar-refractivity contribution < 1.29 is 14.6 Å². The lowest BCUT2D eigenvalue weighted by Crippen LogP contribution is -2.24. The van der Waals surface area contributed by atoms with Crippen LogP contribution >= 0.6 is 0 Å². The number of nitrogens with zero attached hydrogens (tertiary/aromatic N) is 1. The number of rotatable bonds is 3. The number of aliphatic carboxylic acids is 1. The van der Waals surface area contributed by atoms with Crippen LogP contribution in [-0.4, -0.2) is 24.3 Å². The second-order valence-corrected chi connectivity index (χ2v) is 4.68. The molecule has 1 saturated heterocycles. The zero-order valence-electron chi connectivity index (χ0n) is 10.2. The first-order valence-electron chi connectivity index (χ1n) is 5.91. The standard InChI is InChI=1S/C14H15NO3/c1-10(13(16)17)11-2-4-12(5-3-11)14(8-15)6-7-18-9-14/h2-5,10H,6-7,9H2,1H3,(H,16,17). The summed E-state index contributed by atoms with van der Waals surface area (Å²) in [6, 6.07) is 9.57. The third-order valence-electron chi connectivity index (χ3n) is 3.57. The van der Waals surface area contributed by atoms with Gasteiger partial charge in [-0.1, -0.05) is 24.3 Å². The summed E-state index contributed by atoms with van der Waals surface area (Å²) in [4.78, 5) is 10.9. The van der Waals surface area contributed by atoms with E-state index in [0.29, 0.717) is 19.6 Å². The van der Waals surface area contributed by atoms with Crippen molar-refractivity contribution in [1.29, 1.82) is 5.26 Å². The van der Waals surface area contributed by atoms with E-state index >= 15 is 0 Å². The normalized spacial score (nSPS) is 24.4. The molecule has 1 fully saturated rings. The van der Waals surface area contributed by atoms with E-state index < -0.39 is 17.3 Å². The van der Waals surface area contributed by atoms with Crippen LogP contribution in [0.4, 0.5) is 0 Å². The number of nitriles is 1. The van der Waals surface area contributed by atoms with E-state index in [0.717, 1.165) is 11.1 Å². The van der Waals surface area contributed by atoms with E-state index in [1.54, 1.807) is 19.1 Å². The van der Waals surface area contributed by atoms with Crippen molar-refractivity contribution in [1.82, 2.24) is 0 Å². The molecule has 0 spiro atoms. The van der Waals surface area contributed by atoms with Gasteiger partial charge < -0.3 is 9.84 Å². The van der Waals surface area contributed by atoms with Crippen molar-refractivity contribution in [3.05, 3.63) is 35.4 Å². The van der Waals surface area contributed by atoms with Crippen LogP contribution in [0.15, 0.2) is 24.3 Å². The van der Waals surface area contributed by atoms with Crippen molar-refractivity contribution in [3.63, 3.8) is 0 Å². The van der Waals surface area contributed by atoms with Gasteiger partial charge in [-0.2, -0.15) is 5.26 Å². The third kappa shape index (κ3) is 2.09. The van der Waals surface area contributed by atoms with Crippen molar-refractivity contribution in [2.24, 2.45) is 0 Å². The molecule has 0 bridgehead atoms. The van der Waals surface area contributed by atoms with Crippen LogP contribution < -0.4 is 0 Å². The minimum Gasteiger partial charge on any atom is -0.481 e. The van der Waals surface area contributed by atoms with Gasteiger partial charge in [-0.15, -0.1) is 0 Å². The largest absolute Gasteiger partial charge is 0.481 e. The Hall–Kier alpha value is -1.86. The fourth-order valence-corrected chi connectivity index (χ4v) is 2.18. The Labute approximate surface area is 106 Å². The molecule has 0 saturated carbocycles. The maximum absolute atomic E-state index is 10.9. The van der Waals surface area contributed by atoms with E-state index in [1.807, 2.05) is 12.1 Å². The van der Waals surface area contributed by atoms with Crippen molar-refractivity contribution in [2.45, 2.75) is 24.7 Å².